The summed E-state index contributed by atoms with van der Waals surface area (Å²) in [5, 5.41) is 0.497. The molecule has 1 heterocycles. The molecule has 2 aromatic rings. The van der Waals surface area contributed by atoms with E-state index in [1.165, 1.54) is 17.3 Å². The number of para-hydroxylation sites is 1. The van der Waals surface area contributed by atoms with Crippen LogP contribution in [0.3, 0.4) is 0 Å². The third-order valence-electron chi connectivity index (χ3n) is 3.74. The SMILES string of the molecule is CC1Cc2ccccc2N1Cc1c(F)cccc1Cl. The van der Waals surface area contributed by atoms with Crippen LogP contribution in [0.2, 0.25) is 5.02 Å². The van der Waals surface area contributed by atoms with Gasteiger partial charge in [0, 0.05) is 28.9 Å². The van der Waals surface area contributed by atoms with Crippen LogP contribution in [0.4, 0.5) is 10.1 Å². The molecule has 0 saturated heterocycles. The first-order valence-electron chi connectivity index (χ1n) is 6.44. The van der Waals surface area contributed by atoms with Crippen molar-refractivity contribution >= 4 is 17.3 Å². The Morgan fingerprint density at radius 2 is 2.00 bits per heavy atom. The molecule has 1 nitrogen and oxygen atoms in total. The van der Waals surface area contributed by atoms with Crippen LogP contribution in [0.5, 0.6) is 0 Å². The van der Waals surface area contributed by atoms with Crippen molar-refractivity contribution in [3.05, 3.63) is 64.4 Å². The number of rotatable bonds is 2. The maximum absolute atomic E-state index is 13.9. The van der Waals surface area contributed by atoms with Crippen molar-refractivity contribution in [3.8, 4) is 0 Å². The van der Waals surface area contributed by atoms with E-state index in [1.807, 2.05) is 12.1 Å². The van der Waals surface area contributed by atoms with Crippen molar-refractivity contribution in [1.29, 1.82) is 0 Å². The minimum atomic E-state index is -0.232. The van der Waals surface area contributed by atoms with Crippen molar-refractivity contribution in [2.24, 2.45) is 0 Å². The molecule has 0 saturated carbocycles. The van der Waals surface area contributed by atoms with Crippen molar-refractivity contribution < 1.29 is 4.39 Å². The molecule has 0 amide bonds. The van der Waals surface area contributed by atoms with Crippen LogP contribution < -0.4 is 4.90 Å². The van der Waals surface area contributed by atoms with Gasteiger partial charge in [0.2, 0.25) is 0 Å². The van der Waals surface area contributed by atoms with Gasteiger partial charge in [0.1, 0.15) is 5.82 Å². The fourth-order valence-corrected chi connectivity index (χ4v) is 2.95. The van der Waals surface area contributed by atoms with E-state index in [9.17, 15) is 4.39 Å². The quantitative estimate of drug-likeness (QED) is 0.784. The highest BCUT2D eigenvalue weighted by molar-refractivity contribution is 6.31. The lowest BCUT2D eigenvalue weighted by atomic mass is 10.1. The number of hydrogen-bond donors (Lipinski definition) is 0. The van der Waals surface area contributed by atoms with Crippen molar-refractivity contribution in [1.82, 2.24) is 0 Å². The van der Waals surface area contributed by atoms with Crippen molar-refractivity contribution in [3.63, 3.8) is 0 Å². The van der Waals surface area contributed by atoms with E-state index >= 15 is 0 Å². The summed E-state index contributed by atoms with van der Waals surface area (Å²) in [6.07, 6.45) is 1.00. The molecule has 19 heavy (non-hydrogen) atoms. The first kappa shape index (κ1) is 12.5. The molecule has 0 spiro atoms. The number of anilines is 1. The zero-order chi connectivity index (χ0) is 13.4. The minimum absolute atomic E-state index is 0.232. The maximum Gasteiger partial charge on any atom is 0.129 e. The van der Waals surface area contributed by atoms with Gasteiger partial charge in [-0.15, -0.1) is 0 Å². The van der Waals surface area contributed by atoms with Crippen LogP contribution in [0.25, 0.3) is 0 Å². The lowest BCUT2D eigenvalue weighted by Crippen LogP contribution is -2.29. The third kappa shape index (κ3) is 2.21. The molecule has 1 atom stereocenters. The number of halogens is 2. The zero-order valence-electron chi connectivity index (χ0n) is 10.7. The molecule has 1 aliphatic rings. The summed E-state index contributed by atoms with van der Waals surface area (Å²) >= 11 is 6.12. The van der Waals surface area contributed by atoms with E-state index in [0.717, 1.165) is 6.42 Å². The number of nitrogens with zero attached hydrogens (tertiary/aromatic N) is 1. The molecular formula is C16H15ClFN. The third-order valence-corrected chi connectivity index (χ3v) is 4.09. The number of hydrogen-bond acceptors (Lipinski definition) is 1. The Morgan fingerprint density at radius 3 is 2.79 bits per heavy atom. The standard InChI is InChI=1S/C16H15ClFN/c1-11-9-12-5-2-3-8-16(12)19(11)10-13-14(17)6-4-7-15(13)18/h2-8,11H,9-10H2,1H3. The summed E-state index contributed by atoms with van der Waals surface area (Å²) in [6.45, 7) is 2.68. The lowest BCUT2D eigenvalue weighted by molar-refractivity contribution is 0.593. The largest absolute Gasteiger partial charge is 0.364 e. The normalized spacial score (nSPS) is 17.6. The second kappa shape index (κ2) is 4.86. The van der Waals surface area contributed by atoms with Crippen molar-refractivity contribution in [2.75, 3.05) is 4.90 Å². The molecule has 0 bridgehead atoms. The zero-order valence-corrected chi connectivity index (χ0v) is 11.5. The van der Waals surface area contributed by atoms with Gasteiger partial charge in [0.05, 0.1) is 0 Å². The van der Waals surface area contributed by atoms with Gasteiger partial charge in [-0.25, -0.2) is 4.39 Å². The van der Waals surface area contributed by atoms with E-state index in [2.05, 4.69) is 24.0 Å². The van der Waals surface area contributed by atoms with Gasteiger partial charge in [0.15, 0.2) is 0 Å². The highest BCUT2D eigenvalue weighted by atomic mass is 35.5. The van der Waals surface area contributed by atoms with Gasteiger partial charge in [-0.05, 0) is 37.1 Å². The Labute approximate surface area is 117 Å². The van der Waals surface area contributed by atoms with Gasteiger partial charge >= 0.3 is 0 Å². The Kier molecular flexibility index (Phi) is 3.19. The first-order chi connectivity index (χ1) is 9.16. The summed E-state index contributed by atoms with van der Waals surface area (Å²) in [5.74, 6) is -0.232. The van der Waals surface area contributed by atoms with Gasteiger partial charge in [0.25, 0.3) is 0 Å². The van der Waals surface area contributed by atoms with Crippen LogP contribution in [0.15, 0.2) is 42.5 Å². The molecular weight excluding hydrogens is 261 g/mol. The topological polar surface area (TPSA) is 3.24 Å². The van der Waals surface area contributed by atoms with Gasteiger partial charge in [-0.2, -0.15) is 0 Å². The minimum Gasteiger partial charge on any atom is -0.364 e. The molecule has 1 unspecified atom stereocenters. The molecule has 98 valence electrons. The number of fused-ring (bicyclic) bond motifs is 1. The Morgan fingerprint density at radius 1 is 1.21 bits per heavy atom. The maximum atomic E-state index is 13.9. The molecule has 1 aliphatic heterocycles. The molecule has 0 aromatic heterocycles. The van der Waals surface area contributed by atoms with E-state index in [0.29, 0.717) is 23.2 Å². The molecule has 0 aliphatic carbocycles. The predicted molar refractivity (Wildman–Crippen MR) is 77.2 cm³/mol. The molecule has 0 fully saturated rings. The van der Waals surface area contributed by atoms with Gasteiger partial charge < -0.3 is 4.90 Å². The van der Waals surface area contributed by atoms with Gasteiger partial charge in [-0.1, -0.05) is 35.9 Å². The average molecular weight is 276 g/mol. The summed E-state index contributed by atoms with van der Waals surface area (Å²) in [6, 6.07) is 13.5. The van der Waals surface area contributed by atoms with E-state index in [-0.39, 0.29) is 5.82 Å². The Balaban J connectivity index is 1.96. The summed E-state index contributed by atoms with van der Waals surface area (Å²) in [5.41, 5.74) is 3.09. The van der Waals surface area contributed by atoms with Crippen LogP contribution in [-0.2, 0) is 13.0 Å². The fraction of sp³-hybridized carbons (Fsp3) is 0.250. The molecule has 0 N–H and O–H groups in total. The first-order valence-corrected chi connectivity index (χ1v) is 6.82. The molecule has 3 rings (SSSR count). The summed E-state index contributed by atoms with van der Waals surface area (Å²) in [4.78, 5) is 2.22. The highest BCUT2D eigenvalue weighted by Crippen LogP contribution is 2.34. The van der Waals surface area contributed by atoms with Crippen molar-refractivity contribution in [2.45, 2.75) is 25.9 Å². The smallest absolute Gasteiger partial charge is 0.129 e. The Hall–Kier alpha value is -1.54. The highest BCUT2D eigenvalue weighted by Gasteiger charge is 2.26. The average Bonchev–Trinajstić information content (AvgIpc) is 2.70. The lowest BCUT2D eigenvalue weighted by Gasteiger charge is -2.25. The molecule has 0 radical (unpaired) electrons. The van der Waals surface area contributed by atoms with E-state index < -0.39 is 0 Å². The second-order valence-electron chi connectivity index (χ2n) is 5.01. The van der Waals surface area contributed by atoms with Crippen LogP contribution >= 0.6 is 11.6 Å². The van der Waals surface area contributed by atoms with Gasteiger partial charge in [-0.3, -0.25) is 0 Å². The predicted octanol–water partition coefficient (Wildman–Crippen LogP) is 4.43. The van der Waals surface area contributed by atoms with E-state index in [1.54, 1.807) is 12.1 Å². The molecule has 2 aromatic carbocycles. The van der Waals surface area contributed by atoms with Crippen LogP contribution in [0, 0.1) is 5.82 Å². The summed E-state index contributed by atoms with van der Waals surface area (Å²) in [7, 11) is 0. The molecule has 3 heteroatoms. The summed E-state index contributed by atoms with van der Waals surface area (Å²) < 4.78 is 13.9. The number of benzene rings is 2. The van der Waals surface area contributed by atoms with Crippen LogP contribution in [0.1, 0.15) is 18.1 Å². The fourth-order valence-electron chi connectivity index (χ4n) is 2.72. The van der Waals surface area contributed by atoms with Crippen LogP contribution in [-0.4, -0.2) is 6.04 Å². The van der Waals surface area contributed by atoms with E-state index in [4.69, 9.17) is 11.6 Å². The second-order valence-corrected chi connectivity index (χ2v) is 5.42. The Bertz CT molecular complexity index is 591. The monoisotopic (exact) mass is 275 g/mol.